The average Bonchev–Trinajstić information content (AvgIpc) is 2.80. The molecule has 1 aliphatic rings. The van der Waals surface area contributed by atoms with Gasteiger partial charge in [0, 0.05) is 24.3 Å². The quantitative estimate of drug-likeness (QED) is 0.659. The minimum absolute atomic E-state index is 0.0516. The number of hydrogen-bond acceptors (Lipinski definition) is 6. The van der Waals surface area contributed by atoms with Gasteiger partial charge in [0.15, 0.2) is 12.4 Å². The van der Waals surface area contributed by atoms with E-state index in [0.717, 1.165) is 47.0 Å². The lowest BCUT2D eigenvalue weighted by Crippen LogP contribution is -2.36. The smallest absolute Gasteiger partial charge is 0.262 e. The molecular weight excluding hydrogens is 392 g/mol. The Kier molecular flexibility index (Phi) is 6.43. The number of carbonyl (C=O) groups excluding carboxylic acids is 1. The molecule has 1 aliphatic heterocycles. The number of benzene rings is 2. The van der Waals surface area contributed by atoms with E-state index in [1.54, 1.807) is 0 Å². The lowest BCUT2D eigenvalue weighted by Gasteiger charge is -2.27. The molecule has 160 valence electrons. The van der Waals surface area contributed by atoms with E-state index in [0.29, 0.717) is 18.9 Å². The van der Waals surface area contributed by atoms with E-state index in [1.165, 1.54) is 0 Å². The van der Waals surface area contributed by atoms with Crippen molar-refractivity contribution in [1.82, 2.24) is 10.2 Å². The zero-order chi connectivity index (χ0) is 21.6. The van der Waals surface area contributed by atoms with Crippen LogP contribution in [0.4, 0.5) is 11.5 Å². The van der Waals surface area contributed by atoms with E-state index in [4.69, 9.17) is 9.47 Å². The van der Waals surface area contributed by atoms with Crippen molar-refractivity contribution in [2.45, 2.75) is 13.8 Å². The summed E-state index contributed by atoms with van der Waals surface area (Å²) in [5.41, 5.74) is 4.34. The number of carbonyl (C=O) groups is 1. The summed E-state index contributed by atoms with van der Waals surface area (Å²) in [6.45, 7) is 6.93. The SMILES string of the molecule is Cc1cccc(C)c1OCC(=O)Nc1cccc(-c2ccc(N3CCOCC3)nn2)c1. The summed E-state index contributed by atoms with van der Waals surface area (Å²) in [4.78, 5) is 14.6. The van der Waals surface area contributed by atoms with Crippen LogP contribution in [0.15, 0.2) is 54.6 Å². The largest absolute Gasteiger partial charge is 0.483 e. The van der Waals surface area contributed by atoms with Crippen molar-refractivity contribution in [2.75, 3.05) is 43.1 Å². The number of nitrogens with one attached hydrogen (secondary N) is 1. The number of anilines is 2. The number of ether oxygens (including phenoxy) is 2. The molecular formula is C24H26N4O3. The first kappa shape index (κ1) is 20.8. The number of amides is 1. The minimum Gasteiger partial charge on any atom is -0.483 e. The Morgan fingerprint density at radius 3 is 2.48 bits per heavy atom. The van der Waals surface area contributed by atoms with Gasteiger partial charge in [0.1, 0.15) is 5.75 Å². The Labute approximate surface area is 182 Å². The third kappa shape index (κ3) is 5.19. The number of nitrogens with zero attached hydrogens (tertiary/aromatic N) is 3. The molecule has 0 atom stereocenters. The molecule has 4 rings (SSSR count). The fourth-order valence-corrected chi connectivity index (χ4v) is 3.56. The van der Waals surface area contributed by atoms with Gasteiger partial charge in [-0.2, -0.15) is 0 Å². The highest BCUT2D eigenvalue weighted by atomic mass is 16.5. The van der Waals surface area contributed by atoms with Crippen molar-refractivity contribution in [3.63, 3.8) is 0 Å². The maximum absolute atomic E-state index is 12.4. The first-order valence-electron chi connectivity index (χ1n) is 10.4. The number of morpholine rings is 1. The average molecular weight is 418 g/mol. The summed E-state index contributed by atoms with van der Waals surface area (Å²) in [5.74, 6) is 1.38. The van der Waals surface area contributed by atoms with Crippen LogP contribution >= 0.6 is 0 Å². The molecule has 1 N–H and O–H groups in total. The first-order chi connectivity index (χ1) is 15.1. The zero-order valence-corrected chi connectivity index (χ0v) is 17.8. The molecule has 0 saturated carbocycles. The molecule has 2 heterocycles. The molecule has 0 radical (unpaired) electrons. The maximum Gasteiger partial charge on any atom is 0.262 e. The second-order valence-corrected chi connectivity index (χ2v) is 7.51. The number of para-hydroxylation sites is 1. The third-order valence-corrected chi connectivity index (χ3v) is 5.18. The lowest BCUT2D eigenvalue weighted by molar-refractivity contribution is -0.118. The molecule has 0 unspecified atom stereocenters. The lowest BCUT2D eigenvalue weighted by atomic mass is 10.1. The Bertz CT molecular complexity index is 1030. The van der Waals surface area contributed by atoms with E-state index >= 15 is 0 Å². The monoisotopic (exact) mass is 418 g/mol. The van der Waals surface area contributed by atoms with Crippen molar-refractivity contribution < 1.29 is 14.3 Å². The summed E-state index contributed by atoms with van der Waals surface area (Å²) >= 11 is 0. The van der Waals surface area contributed by atoms with Crippen LogP contribution in [0.25, 0.3) is 11.3 Å². The number of rotatable bonds is 6. The molecule has 7 nitrogen and oxygen atoms in total. The second kappa shape index (κ2) is 9.57. The fraction of sp³-hybridized carbons (Fsp3) is 0.292. The van der Waals surface area contributed by atoms with E-state index in [2.05, 4.69) is 20.4 Å². The molecule has 3 aromatic rings. The van der Waals surface area contributed by atoms with Gasteiger partial charge in [0.05, 0.1) is 18.9 Å². The van der Waals surface area contributed by atoms with Gasteiger partial charge in [-0.05, 0) is 49.2 Å². The van der Waals surface area contributed by atoms with Gasteiger partial charge in [-0.15, -0.1) is 10.2 Å². The number of aryl methyl sites for hydroxylation is 2. The Morgan fingerprint density at radius 1 is 1.03 bits per heavy atom. The molecule has 1 amide bonds. The van der Waals surface area contributed by atoms with Crippen LogP contribution in [0.5, 0.6) is 5.75 Å². The minimum atomic E-state index is -0.214. The second-order valence-electron chi connectivity index (χ2n) is 7.51. The summed E-state index contributed by atoms with van der Waals surface area (Å²) in [5, 5.41) is 11.6. The van der Waals surface area contributed by atoms with Crippen LogP contribution in [-0.4, -0.2) is 49.0 Å². The van der Waals surface area contributed by atoms with Crippen molar-refractivity contribution in [1.29, 1.82) is 0 Å². The highest BCUT2D eigenvalue weighted by Crippen LogP contribution is 2.24. The van der Waals surface area contributed by atoms with Crippen molar-refractivity contribution in [3.8, 4) is 17.0 Å². The third-order valence-electron chi connectivity index (χ3n) is 5.18. The van der Waals surface area contributed by atoms with Gasteiger partial charge in [-0.1, -0.05) is 30.3 Å². The Balaban J connectivity index is 1.39. The van der Waals surface area contributed by atoms with E-state index in [-0.39, 0.29) is 12.5 Å². The summed E-state index contributed by atoms with van der Waals surface area (Å²) in [6, 6.07) is 17.4. The maximum atomic E-state index is 12.4. The van der Waals surface area contributed by atoms with Crippen LogP contribution in [0, 0.1) is 13.8 Å². The molecule has 31 heavy (non-hydrogen) atoms. The van der Waals surface area contributed by atoms with Crippen LogP contribution in [0.1, 0.15) is 11.1 Å². The van der Waals surface area contributed by atoms with Crippen molar-refractivity contribution in [3.05, 3.63) is 65.7 Å². The molecule has 1 fully saturated rings. The highest BCUT2D eigenvalue weighted by Gasteiger charge is 2.13. The van der Waals surface area contributed by atoms with E-state index < -0.39 is 0 Å². The van der Waals surface area contributed by atoms with E-state index in [9.17, 15) is 4.79 Å². The van der Waals surface area contributed by atoms with Gasteiger partial charge in [-0.3, -0.25) is 4.79 Å². The molecule has 2 aromatic carbocycles. The van der Waals surface area contributed by atoms with Gasteiger partial charge in [-0.25, -0.2) is 0 Å². The van der Waals surface area contributed by atoms with Crippen LogP contribution in [0.3, 0.4) is 0 Å². The standard InChI is InChI=1S/C24H26N4O3/c1-17-5-3-6-18(2)24(17)31-16-23(29)25-20-8-4-7-19(15-20)21-9-10-22(27-26-21)28-11-13-30-14-12-28/h3-10,15H,11-14,16H2,1-2H3,(H,25,29). The summed E-state index contributed by atoms with van der Waals surface area (Å²) in [7, 11) is 0. The normalized spacial score (nSPS) is 13.7. The molecule has 0 bridgehead atoms. The molecule has 7 heteroatoms. The van der Waals surface area contributed by atoms with Gasteiger partial charge >= 0.3 is 0 Å². The van der Waals surface area contributed by atoms with Crippen LogP contribution in [0.2, 0.25) is 0 Å². The van der Waals surface area contributed by atoms with Crippen molar-refractivity contribution in [2.24, 2.45) is 0 Å². The van der Waals surface area contributed by atoms with Crippen LogP contribution < -0.4 is 15.0 Å². The Hall–Kier alpha value is -3.45. The van der Waals surface area contributed by atoms with Crippen LogP contribution in [-0.2, 0) is 9.53 Å². The molecule has 0 aliphatic carbocycles. The van der Waals surface area contributed by atoms with Gasteiger partial charge in [0.2, 0.25) is 0 Å². The fourth-order valence-electron chi connectivity index (χ4n) is 3.56. The summed E-state index contributed by atoms with van der Waals surface area (Å²) in [6.07, 6.45) is 0. The summed E-state index contributed by atoms with van der Waals surface area (Å²) < 4.78 is 11.1. The topological polar surface area (TPSA) is 76.6 Å². The predicted octanol–water partition coefficient (Wildman–Crippen LogP) is 3.61. The first-order valence-corrected chi connectivity index (χ1v) is 10.4. The highest BCUT2D eigenvalue weighted by molar-refractivity contribution is 5.92. The number of hydrogen-bond donors (Lipinski definition) is 1. The predicted molar refractivity (Wildman–Crippen MR) is 121 cm³/mol. The molecule has 1 aromatic heterocycles. The Morgan fingerprint density at radius 2 is 1.77 bits per heavy atom. The van der Waals surface area contributed by atoms with Gasteiger partial charge < -0.3 is 19.7 Å². The molecule has 1 saturated heterocycles. The number of aromatic nitrogens is 2. The molecule has 0 spiro atoms. The van der Waals surface area contributed by atoms with Crippen molar-refractivity contribution >= 4 is 17.4 Å². The zero-order valence-electron chi connectivity index (χ0n) is 17.8. The van der Waals surface area contributed by atoms with Gasteiger partial charge in [0.25, 0.3) is 5.91 Å². The van der Waals surface area contributed by atoms with E-state index in [1.807, 2.05) is 68.4 Å².